The van der Waals surface area contributed by atoms with Gasteiger partial charge < -0.3 is 5.32 Å². The van der Waals surface area contributed by atoms with Crippen LogP contribution >= 0.6 is 0 Å². The fourth-order valence-corrected chi connectivity index (χ4v) is 6.47. The summed E-state index contributed by atoms with van der Waals surface area (Å²) in [6, 6.07) is 0.134. The number of hydrogen-bond donors (Lipinski definition) is 1. The minimum Gasteiger partial charge on any atom is -0.351 e. The Balaban J connectivity index is 1.41. The molecule has 4 nitrogen and oxygen atoms in total. The summed E-state index contributed by atoms with van der Waals surface area (Å²) in [5.41, 5.74) is 0. The van der Waals surface area contributed by atoms with E-state index in [0.717, 1.165) is 18.9 Å². The molecule has 0 spiro atoms. The summed E-state index contributed by atoms with van der Waals surface area (Å²) in [5.74, 6) is 3.25. The van der Waals surface area contributed by atoms with Crippen molar-refractivity contribution >= 4 is 11.7 Å². The fraction of sp³-hybridized carbons (Fsp3) is 0.909. The molecule has 2 bridgehead atoms. The summed E-state index contributed by atoms with van der Waals surface area (Å²) in [7, 11) is 0. The molecule has 4 rings (SSSR count). The highest BCUT2D eigenvalue weighted by Gasteiger charge is 2.43. The Hall–Kier alpha value is -0.900. The van der Waals surface area contributed by atoms with Gasteiger partial charge in [-0.2, -0.15) is 0 Å². The SMILES string of the molecule is CCC1CC2CCCC(C2)C1NC(=O)[C@H]1CC(=O)CN1CC1CCCC1. The number of Topliss-reactive ketones (excluding diaryl/α,β-unsaturated/α-hetero) is 1. The van der Waals surface area contributed by atoms with E-state index in [9.17, 15) is 9.59 Å². The highest BCUT2D eigenvalue weighted by Crippen LogP contribution is 2.43. The fourth-order valence-electron chi connectivity index (χ4n) is 6.47. The van der Waals surface area contributed by atoms with Crippen LogP contribution in [0.25, 0.3) is 0 Å². The van der Waals surface area contributed by atoms with E-state index in [1.807, 2.05) is 0 Å². The number of carbonyl (C=O) groups is 2. The average Bonchev–Trinajstić information content (AvgIpc) is 3.27. The summed E-state index contributed by atoms with van der Waals surface area (Å²) in [5, 5.41) is 3.46. The van der Waals surface area contributed by atoms with Crippen molar-refractivity contribution in [2.24, 2.45) is 23.7 Å². The Labute approximate surface area is 158 Å². The van der Waals surface area contributed by atoms with E-state index in [-0.39, 0.29) is 17.7 Å². The van der Waals surface area contributed by atoms with Crippen LogP contribution < -0.4 is 5.32 Å². The largest absolute Gasteiger partial charge is 0.351 e. The number of fused-ring (bicyclic) bond motifs is 2. The van der Waals surface area contributed by atoms with E-state index in [0.29, 0.717) is 36.8 Å². The van der Waals surface area contributed by atoms with Gasteiger partial charge in [-0.15, -0.1) is 0 Å². The number of hydrogen-bond acceptors (Lipinski definition) is 3. The van der Waals surface area contributed by atoms with E-state index >= 15 is 0 Å². The van der Waals surface area contributed by atoms with Crippen molar-refractivity contribution < 1.29 is 9.59 Å². The first-order valence-electron chi connectivity index (χ1n) is 11.2. The smallest absolute Gasteiger partial charge is 0.238 e. The summed E-state index contributed by atoms with van der Waals surface area (Å²) >= 11 is 0. The topological polar surface area (TPSA) is 49.4 Å². The van der Waals surface area contributed by atoms with Crippen LogP contribution in [0.15, 0.2) is 0 Å². The normalized spacial score (nSPS) is 38.7. The lowest BCUT2D eigenvalue weighted by atomic mass is 9.64. The van der Waals surface area contributed by atoms with Crippen molar-refractivity contribution in [3.8, 4) is 0 Å². The third-order valence-corrected chi connectivity index (χ3v) is 7.82. The van der Waals surface area contributed by atoms with Crippen LogP contribution in [-0.4, -0.2) is 41.8 Å². The molecule has 1 N–H and O–H groups in total. The van der Waals surface area contributed by atoms with E-state index in [2.05, 4.69) is 17.1 Å². The monoisotopic (exact) mass is 360 g/mol. The Bertz CT molecular complexity index is 526. The molecular formula is C22H36N2O2. The molecule has 0 aromatic heterocycles. The van der Waals surface area contributed by atoms with Crippen LogP contribution in [0.4, 0.5) is 0 Å². The first kappa shape index (κ1) is 18.5. The first-order chi connectivity index (χ1) is 12.6. The van der Waals surface area contributed by atoms with Crippen molar-refractivity contribution in [1.29, 1.82) is 0 Å². The van der Waals surface area contributed by atoms with Crippen LogP contribution in [0.2, 0.25) is 0 Å². The van der Waals surface area contributed by atoms with Crippen LogP contribution in [0.1, 0.15) is 77.6 Å². The van der Waals surface area contributed by atoms with Gasteiger partial charge in [0.05, 0.1) is 12.6 Å². The molecule has 5 atom stereocenters. The average molecular weight is 361 g/mol. The first-order valence-corrected chi connectivity index (χ1v) is 11.2. The Morgan fingerprint density at radius 1 is 1.12 bits per heavy atom. The zero-order valence-corrected chi connectivity index (χ0v) is 16.4. The molecule has 1 amide bonds. The molecule has 3 saturated carbocycles. The maximum absolute atomic E-state index is 13.2. The minimum atomic E-state index is -0.207. The summed E-state index contributed by atoms with van der Waals surface area (Å²) in [6.07, 6.45) is 13.3. The van der Waals surface area contributed by atoms with Gasteiger partial charge in [-0.05, 0) is 55.8 Å². The van der Waals surface area contributed by atoms with Crippen molar-refractivity contribution in [3.05, 3.63) is 0 Å². The van der Waals surface area contributed by atoms with Gasteiger partial charge in [-0.25, -0.2) is 0 Å². The van der Waals surface area contributed by atoms with Crippen LogP contribution in [0, 0.1) is 23.7 Å². The second kappa shape index (κ2) is 8.00. The molecule has 1 aliphatic heterocycles. The van der Waals surface area contributed by atoms with E-state index in [1.54, 1.807) is 0 Å². The van der Waals surface area contributed by atoms with E-state index in [1.165, 1.54) is 57.8 Å². The Morgan fingerprint density at radius 3 is 2.69 bits per heavy atom. The van der Waals surface area contributed by atoms with Gasteiger partial charge in [0.1, 0.15) is 5.78 Å². The molecule has 4 unspecified atom stereocenters. The molecule has 0 radical (unpaired) electrons. The Kier molecular flexibility index (Phi) is 5.68. The molecule has 4 aliphatic rings. The predicted molar refractivity (Wildman–Crippen MR) is 103 cm³/mol. The van der Waals surface area contributed by atoms with Crippen molar-refractivity contribution in [3.63, 3.8) is 0 Å². The standard InChI is InChI=1S/C22H36N2O2/c1-2-17-10-16-8-5-9-18(11-16)21(17)23-22(26)20-12-19(25)14-24(20)13-15-6-3-4-7-15/h15-18,20-21H,2-14H2,1H3,(H,23,26)/t16?,17?,18?,20-,21?/m1/s1. The number of rotatable bonds is 5. The maximum atomic E-state index is 13.2. The molecule has 0 aromatic rings. The highest BCUT2D eigenvalue weighted by molar-refractivity contribution is 5.93. The van der Waals surface area contributed by atoms with Gasteiger partial charge in [-0.3, -0.25) is 14.5 Å². The minimum absolute atomic E-state index is 0.140. The molecule has 3 aliphatic carbocycles. The lowest BCUT2D eigenvalue weighted by Crippen LogP contribution is -2.54. The Morgan fingerprint density at radius 2 is 1.92 bits per heavy atom. The summed E-state index contributed by atoms with van der Waals surface area (Å²) in [6.45, 7) is 3.70. The number of amides is 1. The lowest BCUT2D eigenvalue weighted by molar-refractivity contribution is -0.128. The van der Waals surface area contributed by atoms with Gasteiger partial charge in [-0.1, -0.05) is 39.0 Å². The molecule has 0 aromatic carbocycles. The zero-order valence-electron chi connectivity index (χ0n) is 16.4. The third-order valence-electron chi connectivity index (χ3n) is 7.82. The quantitative estimate of drug-likeness (QED) is 0.816. The van der Waals surface area contributed by atoms with Crippen LogP contribution in [0.3, 0.4) is 0 Å². The molecule has 146 valence electrons. The molecule has 26 heavy (non-hydrogen) atoms. The van der Waals surface area contributed by atoms with Gasteiger partial charge in [0.25, 0.3) is 0 Å². The summed E-state index contributed by atoms with van der Waals surface area (Å²) < 4.78 is 0. The summed E-state index contributed by atoms with van der Waals surface area (Å²) in [4.78, 5) is 27.5. The second-order valence-corrected chi connectivity index (χ2v) is 9.57. The highest BCUT2D eigenvalue weighted by atomic mass is 16.2. The number of carbonyl (C=O) groups excluding carboxylic acids is 2. The molecule has 4 fully saturated rings. The lowest BCUT2D eigenvalue weighted by Gasteiger charge is -2.46. The van der Waals surface area contributed by atoms with Gasteiger partial charge in [0.2, 0.25) is 5.91 Å². The van der Waals surface area contributed by atoms with Gasteiger partial charge in [0, 0.05) is 19.0 Å². The van der Waals surface area contributed by atoms with Crippen LogP contribution in [0.5, 0.6) is 0 Å². The van der Waals surface area contributed by atoms with Crippen molar-refractivity contribution in [1.82, 2.24) is 10.2 Å². The second-order valence-electron chi connectivity index (χ2n) is 9.57. The third kappa shape index (κ3) is 3.85. The van der Waals surface area contributed by atoms with Gasteiger partial charge in [0.15, 0.2) is 0 Å². The van der Waals surface area contributed by atoms with Crippen molar-refractivity contribution in [2.45, 2.75) is 89.6 Å². The number of likely N-dealkylation sites (tertiary alicyclic amines) is 1. The number of ketones is 1. The van der Waals surface area contributed by atoms with Gasteiger partial charge >= 0.3 is 0 Å². The zero-order chi connectivity index (χ0) is 18.1. The van der Waals surface area contributed by atoms with E-state index in [4.69, 9.17) is 0 Å². The van der Waals surface area contributed by atoms with Crippen LogP contribution in [-0.2, 0) is 9.59 Å². The van der Waals surface area contributed by atoms with E-state index < -0.39 is 0 Å². The maximum Gasteiger partial charge on any atom is 0.238 e. The molecular weight excluding hydrogens is 324 g/mol. The predicted octanol–water partition coefficient (Wildman–Crippen LogP) is 3.54. The molecule has 1 saturated heterocycles. The number of nitrogens with zero attached hydrogens (tertiary/aromatic N) is 1. The molecule has 1 heterocycles. The van der Waals surface area contributed by atoms with Crippen molar-refractivity contribution in [2.75, 3.05) is 13.1 Å². The molecule has 4 heteroatoms. The number of nitrogens with one attached hydrogen (secondary N) is 1.